The molecular weight excluding hydrogens is 402 g/mol. The van der Waals surface area contributed by atoms with Crippen molar-refractivity contribution in [1.82, 2.24) is 0 Å². The van der Waals surface area contributed by atoms with Gasteiger partial charge < -0.3 is 0 Å². The molecule has 1 aliphatic rings. The third-order valence-electron chi connectivity index (χ3n) is 6.09. The SMILES string of the molecule is C[C@H](N=Cc1ccc(N2N=C(c3ccccc3)C[C@H]2c2ccccc2)cc1)c1ccccc1. The maximum absolute atomic E-state index is 5.05. The van der Waals surface area contributed by atoms with Gasteiger partial charge in [0.15, 0.2) is 0 Å². The minimum absolute atomic E-state index is 0.130. The van der Waals surface area contributed by atoms with E-state index in [0.717, 1.165) is 23.4 Å². The predicted octanol–water partition coefficient (Wildman–Crippen LogP) is 7.22. The van der Waals surface area contributed by atoms with Crippen LogP contribution in [0.5, 0.6) is 0 Å². The molecule has 0 N–H and O–H groups in total. The van der Waals surface area contributed by atoms with Crippen LogP contribution in [0.2, 0.25) is 0 Å². The molecule has 0 amide bonds. The van der Waals surface area contributed by atoms with Crippen LogP contribution in [0.3, 0.4) is 0 Å². The van der Waals surface area contributed by atoms with Crippen molar-refractivity contribution in [3.05, 3.63) is 138 Å². The molecule has 4 aromatic carbocycles. The Hall–Kier alpha value is -3.98. The summed E-state index contributed by atoms with van der Waals surface area (Å²) < 4.78 is 0. The minimum atomic E-state index is 0.130. The number of hydrogen-bond donors (Lipinski definition) is 0. The Kier molecular flexibility index (Phi) is 6.12. The lowest BCUT2D eigenvalue weighted by molar-refractivity contribution is 0.709. The van der Waals surface area contributed by atoms with Crippen LogP contribution in [-0.2, 0) is 0 Å². The van der Waals surface area contributed by atoms with E-state index in [1.54, 1.807) is 0 Å². The van der Waals surface area contributed by atoms with Crippen LogP contribution in [0.15, 0.2) is 125 Å². The monoisotopic (exact) mass is 429 g/mol. The zero-order chi connectivity index (χ0) is 22.5. The van der Waals surface area contributed by atoms with Crippen LogP contribution < -0.4 is 5.01 Å². The fourth-order valence-electron chi connectivity index (χ4n) is 4.22. The van der Waals surface area contributed by atoms with Crippen LogP contribution in [0.1, 0.15) is 47.7 Å². The lowest BCUT2D eigenvalue weighted by Gasteiger charge is -2.24. The quantitative estimate of drug-likeness (QED) is 0.297. The van der Waals surface area contributed by atoms with Gasteiger partial charge in [0.2, 0.25) is 0 Å². The number of anilines is 1. The molecule has 162 valence electrons. The van der Waals surface area contributed by atoms with Crippen LogP contribution in [-0.4, -0.2) is 11.9 Å². The molecule has 33 heavy (non-hydrogen) atoms. The highest BCUT2D eigenvalue weighted by Gasteiger charge is 2.29. The number of hydrogen-bond acceptors (Lipinski definition) is 3. The number of nitrogens with zero attached hydrogens (tertiary/aromatic N) is 3. The molecule has 0 aliphatic carbocycles. The summed E-state index contributed by atoms with van der Waals surface area (Å²) in [6.45, 7) is 2.12. The second-order valence-corrected chi connectivity index (χ2v) is 8.34. The van der Waals surface area contributed by atoms with Gasteiger partial charge in [-0.3, -0.25) is 10.0 Å². The van der Waals surface area contributed by atoms with E-state index in [-0.39, 0.29) is 12.1 Å². The Morgan fingerprint density at radius 2 is 1.39 bits per heavy atom. The molecular formula is C30H27N3. The van der Waals surface area contributed by atoms with E-state index in [1.165, 1.54) is 16.7 Å². The average molecular weight is 430 g/mol. The van der Waals surface area contributed by atoms with E-state index < -0.39 is 0 Å². The summed E-state index contributed by atoms with van der Waals surface area (Å²) in [5, 5.41) is 7.20. The van der Waals surface area contributed by atoms with E-state index in [9.17, 15) is 0 Å². The Morgan fingerprint density at radius 3 is 2.06 bits per heavy atom. The highest BCUT2D eigenvalue weighted by atomic mass is 15.5. The zero-order valence-electron chi connectivity index (χ0n) is 18.8. The Morgan fingerprint density at radius 1 is 0.788 bits per heavy atom. The summed E-state index contributed by atoms with van der Waals surface area (Å²) in [7, 11) is 0. The van der Waals surface area contributed by atoms with Crippen LogP contribution in [0, 0.1) is 0 Å². The maximum atomic E-state index is 5.05. The topological polar surface area (TPSA) is 28.0 Å². The molecule has 0 radical (unpaired) electrons. The summed E-state index contributed by atoms with van der Waals surface area (Å²) in [6.07, 6.45) is 2.84. The number of rotatable bonds is 6. The van der Waals surface area contributed by atoms with E-state index >= 15 is 0 Å². The standard InChI is InChI=1S/C30H27N3/c1-23(25-11-5-2-6-12-25)31-22-24-17-19-28(20-18-24)33-30(27-15-9-4-10-16-27)21-29(32-33)26-13-7-3-8-14-26/h2-20,22-23,30H,21H2,1H3/t23-,30-/m0/s1. The van der Waals surface area contributed by atoms with Gasteiger partial charge in [-0.1, -0.05) is 103 Å². The molecule has 3 nitrogen and oxygen atoms in total. The normalized spacial score (nSPS) is 16.7. The third kappa shape index (κ3) is 4.78. The molecule has 0 bridgehead atoms. The smallest absolute Gasteiger partial charge is 0.0831 e. The van der Waals surface area contributed by atoms with E-state index in [0.29, 0.717) is 0 Å². The first-order chi connectivity index (χ1) is 16.3. The van der Waals surface area contributed by atoms with Crippen molar-refractivity contribution < 1.29 is 0 Å². The molecule has 3 heteroatoms. The molecule has 5 rings (SSSR count). The summed E-state index contributed by atoms with van der Waals surface area (Å²) in [6, 6.07) is 40.3. The van der Waals surface area contributed by atoms with Crippen molar-refractivity contribution in [2.75, 3.05) is 5.01 Å². The van der Waals surface area contributed by atoms with Crippen molar-refractivity contribution in [3.8, 4) is 0 Å². The molecule has 0 spiro atoms. The van der Waals surface area contributed by atoms with E-state index in [2.05, 4.69) is 115 Å². The predicted molar refractivity (Wildman–Crippen MR) is 138 cm³/mol. The largest absolute Gasteiger partial charge is 0.285 e. The zero-order valence-corrected chi connectivity index (χ0v) is 18.8. The average Bonchev–Trinajstić information content (AvgIpc) is 3.35. The third-order valence-corrected chi connectivity index (χ3v) is 6.09. The van der Waals surface area contributed by atoms with E-state index in [1.807, 2.05) is 18.3 Å². The molecule has 1 heterocycles. The van der Waals surface area contributed by atoms with Gasteiger partial charge in [-0.2, -0.15) is 5.10 Å². The molecule has 0 saturated carbocycles. The Balaban J connectivity index is 1.40. The van der Waals surface area contributed by atoms with Crippen molar-refractivity contribution in [1.29, 1.82) is 0 Å². The first-order valence-electron chi connectivity index (χ1n) is 11.4. The lowest BCUT2D eigenvalue weighted by Crippen LogP contribution is -2.18. The van der Waals surface area contributed by atoms with E-state index in [4.69, 9.17) is 10.1 Å². The fourth-order valence-corrected chi connectivity index (χ4v) is 4.22. The van der Waals surface area contributed by atoms with Gasteiger partial charge in [0.05, 0.1) is 23.5 Å². The maximum Gasteiger partial charge on any atom is 0.0831 e. The summed E-state index contributed by atoms with van der Waals surface area (Å²) in [5.74, 6) is 0. The van der Waals surface area contributed by atoms with Crippen LogP contribution in [0.4, 0.5) is 5.69 Å². The van der Waals surface area contributed by atoms with Crippen LogP contribution in [0.25, 0.3) is 0 Å². The first-order valence-corrected chi connectivity index (χ1v) is 11.4. The van der Waals surface area contributed by atoms with Gasteiger partial charge in [0.25, 0.3) is 0 Å². The van der Waals surface area contributed by atoms with Crippen molar-refractivity contribution in [2.45, 2.75) is 25.4 Å². The highest BCUT2D eigenvalue weighted by Crippen LogP contribution is 2.36. The summed E-state index contributed by atoms with van der Waals surface area (Å²) in [4.78, 5) is 4.74. The lowest BCUT2D eigenvalue weighted by atomic mass is 9.98. The first kappa shape index (κ1) is 20.9. The van der Waals surface area contributed by atoms with Crippen molar-refractivity contribution in [3.63, 3.8) is 0 Å². The van der Waals surface area contributed by atoms with Gasteiger partial charge in [0, 0.05) is 12.6 Å². The Labute approximate surface area is 195 Å². The number of hydrazone groups is 1. The summed E-state index contributed by atoms with van der Waals surface area (Å²) >= 11 is 0. The molecule has 2 atom stereocenters. The van der Waals surface area contributed by atoms with Gasteiger partial charge in [-0.15, -0.1) is 0 Å². The molecule has 4 aromatic rings. The molecule has 0 aromatic heterocycles. The number of benzene rings is 4. The van der Waals surface area contributed by atoms with Crippen molar-refractivity contribution in [2.24, 2.45) is 10.1 Å². The summed E-state index contributed by atoms with van der Waals surface area (Å²) in [5.41, 5.74) is 6.96. The fraction of sp³-hybridized carbons (Fsp3) is 0.133. The van der Waals surface area contributed by atoms with Gasteiger partial charge in [-0.05, 0) is 41.3 Å². The van der Waals surface area contributed by atoms with Gasteiger partial charge in [-0.25, -0.2) is 0 Å². The molecule has 0 saturated heterocycles. The second-order valence-electron chi connectivity index (χ2n) is 8.34. The number of aliphatic imine (C=N–C) groups is 1. The highest BCUT2D eigenvalue weighted by molar-refractivity contribution is 6.03. The molecule has 0 unspecified atom stereocenters. The Bertz CT molecular complexity index is 1230. The van der Waals surface area contributed by atoms with Gasteiger partial charge in [0.1, 0.15) is 0 Å². The molecule has 1 aliphatic heterocycles. The van der Waals surface area contributed by atoms with Gasteiger partial charge >= 0.3 is 0 Å². The van der Waals surface area contributed by atoms with Crippen LogP contribution >= 0.6 is 0 Å². The minimum Gasteiger partial charge on any atom is -0.285 e. The molecule has 0 fully saturated rings. The van der Waals surface area contributed by atoms with Crippen molar-refractivity contribution >= 4 is 17.6 Å². The second kappa shape index (κ2) is 9.66.